The molecule has 132 valence electrons. The Morgan fingerprint density at radius 2 is 2.12 bits per heavy atom. The molecule has 4 heterocycles. The molecular weight excluding hydrogens is 306 g/mol. The maximum Gasteiger partial charge on any atom is 0.321 e. The summed E-state index contributed by atoms with van der Waals surface area (Å²) in [6.07, 6.45) is 9.78. The van der Waals surface area contributed by atoms with Crippen LogP contribution in [0.2, 0.25) is 0 Å². The zero-order valence-corrected chi connectivity index (χ0v) is 14.2. The van der Waals surface area contributed by atoms with Gasteiger partial charge in [0.25, 0.3) is 0 Å². The monoisotopic (exact) mass is 333 g/mol. The van der Waals surface area contributed by atoms with Crippen molar-refractivity contribution in [1.29, 1.82) is 0 Å². The van der Waals surface area contributed by atoms with Crippen molar-refractivity contribution in [1.82, 2.24) is 19.6 Å². The lowest BCUT2D eigenvalue weighted by molar-refractivity contribution is 0.0940. The van der Waals surface area contributed by atoms with Gasteiger partial charge < -0.3 is 15.0 Å². The van der Waals surface area contributed by atoms with Gasteiger partial charge in [0.15, 0.2) is 0 Å². The van der Waals surface area contributed by atoms with Gasteiger partial charge in [-0.25, -0.2) is 4.79 Å². The molecule has 1 aromatic heterocycles. The summed E-state index contributed by atoms with van der Waals surface area (Å²) in [6.45, 7) is 5.68. The van der Waals surface area contributed by atoms with Crippen molar-refractivity contribution in [3.8, 4) is 0 Å². The number of nitrogens with one attached hydrogen (secondary N) is 1. The number of carbonyl (C=O) groups is 1. The molecule has 0 aliphatic carbocycles. The highest BCUT2D eigenvalue weighted by Crippen LogP contribution is 2.21. The lowest BCUT2D eigenvalue weighted by atomic mass is 10.2. The van der Waals surface area contributed by atoms with Crippen molar-refractivity contribution in [3.05, 3.63) is 12.4 Å². The average molecular weight is 333 g/mol. The van der Waals surface area contributed by atoms with E-state index < -0.39 is 0 Å². The number of rotatable bonds is 4. The quantitative estimate of drug-likeness (QED) is 0.912. The molecule has 0 bridgehead atoms. The fourth-order valence-electron chi connectivity index (χ4n) is 4.06. The van der Waals surface area contributed by atoms with E-state index in [1.54, 1.807) is 6.20 Å². The van der Waals surface area contributed by atoms with Crippen LogP contribution < -0.4 is 5.32 Å². The van der Waals surface area contributed by atoms with Crippen molar-refractivity contribution < 1.29 is 9.53 Å². The van der Waals surface area contributed by atoms with E-state index in [-0.39, 0.29) is 12.1 Å². The Morgan fingerprint density at radius 3 is 2.92 bits per heavy atom. The van der Waals surface area contributed by atoms with Gasteiger partial charge in [0.1, 0.15) is 0 Å². The largest absolute Gasteiger partial charge is 0.376 e. The molecule has 1 aromatic rings. The van der Waals surface area contributed by atoms with Crippen molar-refractivity contribution in [2.45, 2.75) is 50.8 Å². The summed E-state index contributed by atoms with van der Waals surface area (Å²) in [4.78, 5) is 16.9. The summed E-state index contributed by atoms with van der Waals surface area (Å²) in [5, 5.41) is 7.32. The van der Waals surface area contributed by atoms with Crippen LogP contribution in [0.1, 0.15) is 32.1 Å². The van der Waals surface area contributed by atoms with Crippen LogP contribution in [0.5, 0.6) is 0 Å². The Kier molecular flexibility index (Phi) is 4.71. The van der Waals surface area contributed by atoms with Crippen LogP contribution >= 0.6 is 0 Å². The molecule has 2 atom stereocenters. The molecule has 0 radical (unpaired) electrons. The van der Waals surface area contributed by atoms with Crippen molar-refractivity contribution in [2.24, 2.45) is 0 Å². The second-order valence-electron chi connectivity index (χ2n) is 7.15. The molecule has 3 saturated heterocycles. The molecule has 4 rings (SSSR count). The Bertz CT molecular complexity index is 563. The third-order valence-electron chi connectivity index (χ3n) is 5.41. The molecule has 1 N–H and O–H groups in total. The number of anilines is 1. The molecule has 0 aromatic carbocycles. The lowest BCUT2D eigenvalue weighted by Crippen LogP contribution is -2.38. The summed E-state index contributed by atoms with van der Waals surface area (Å²) in [5.41, 5.74) is 0.766. The van der Waals surface area contributed by atoms with Crippen molar-refractivity contribution >= 4 is 11.7 Å². The number of urea groups is 1. The van der Waals surface area contributed by atoms with Crippen LogP contribution in [0, 0.1) is 0 Å². The molecule has 2 unspecified atom stereocenters. The first-order chi connectivity index (χ1) is 11.8. The fourth-order valence-corrected chi connectivity index (χ4v) is 4.06. The number of hydrogen-bond acceptors (Lipinski definition) is 4. The fraction of sp³-hybridized carbons (Fsp3) is 0.765. The topological polar surface area (TPSA) is 62.6 Å². The molecule has 7 heteroatoms. The zero-order valence-electron chi connectivity index (χ0n) is 14.2. The number of amides is 2. The van der Waals surface area contributed by atoms with E-state index in [2.05, 4.69) is 15.3 Å². The lowest BCUT2D eigenvalue weighted by Gasteiger charge is -2.23. The van der Waals surface area contributed by atoms with Gasteiger partial charge in [-0.05, 0) is 45.2 Å². The molecule has 3 aliphatic rings. The first kappa shape index (κ1) is 15.9. The van der Waals surface area contributed by atoms with Gasteiger partial charge in [0, 0.05) is 31.9 Å². The molecule has 0 saturated carbocycles. The average Bonchev–Trinajstić information content (AvgIpc) is 3.36. The zero-order chi connectivity index (χ0) is 16.4. The Balaban J connectivity index is 1.27. The smallest absolute Gasteiger partial charge is 0.321 e. The normalized spacial score (nSPS) is 27.9. The van der Waals surface area contributed by atoms with E-state index >= 15 is 0 Å². The first-order valence-electron chi connectivity index (χ1n) is 9.22. The van der Waals surface area contributed by atoms with E-state index in [1.807, 2.05) is 15.8 Å². The minimum atomic E-state index is -0.00615. The number of ether oxygens (including phenoxy) is 1. The molecule has 2 amide bonds. The highest BCUT2D eigenvalue weighted by molar-refractivity contribution is 5.89. The number of aromatic nitrogens is 2. The van der Waals surface area contributed by atoms with Crippen molar-refractivity contribution in [3.63, 3.8) is 0 Å². The first-order valence-corrected chi connectivity index (χ1v) is 9.22. The Labute approximate surface area is 142 Å². The van der Waals surface area contributed by atoms with Gasteiger partial charge in [-0.3, -0.25) is 9.58 Å². The Hall–Kier alpha value is -1.60. The minimum absolute atomic E-state index is 0.00615. The van der Waals surface area contributed by atoms with Crippen molar-refractivity contribution in [2.75, 3.05) is 38.1 Å². The summed E-state index contributed by atoms with van der Waals surface area (Å²) >= 11 is 0. The second-order valence-corrected chi connectivity index (χ2v) is 7.15. The van der Waals surface area contributed by atoms with Crippen LogP contribution in [-0.2, 0) is 11.3 Å². The highest BCUT2D eigenvalue weighted by atomic mass is 16.5. The number of nitrogens with zero attached hydrogens (tertiary/aromatic N) is 4. The summed E-state index contributed by atoms with van der Waals surface area (Å²) in [5.74, 6) is 0. The predicted molar refractivity (Wildman–Crippen MR) is 91.0 cm³/mol. The third kappa shape index (κ3) is 3.57. The van der Waals surface area contributed by atoms with Crippen LogP contribution in [0.4, 0.5) is 10.5 Å². The van der Waals surface area contributed by atoms with Gasteiger partial charge in [0.05, 0.1) is 24.5 Å². The SMILES string of the molecule is O=C(Nc1cnn(CC2CCCO2)c1)N1CCC(N2CCCC2)C1. The standard InChI is InChI=1S/C17H27N5O2/c23-17(21-8-5-15(12-21)20-6-1-2-7-20)19-14-10-18-22(11-14)13-16-4-3-9-24-16/h10-11,15-16H,1-9,12-13H2,(H,19,23). The molecule has 0 spiro atoms. The summed E-state index contributed by atoms with van der Waals surface area (Å²) < 4.78 is 7.49. The molecule has 24 heavy (non-hydrogen) atoms. The van der Waals surface area contributed by atoms with E-state index in [0.29, 0.717) is 6.04 Å². The van der Waals surface area contributed by atoms with Gasteiger partial charge in [0.2, 0.25) is 0 Å². The maximum absolute atomic E-state index is 12.5. The number of likely N-dealkylation sites (tertiary alicyclic amines) is 2. The molecule has 3 fully saturated rings. The van der Waals surface area contributed by atoms with Crippen LogP contribution in [0.25, 0.3) is 0 Å². The highest BCUT2D eigenvalue weighted by Gasteiger charge is 2.31. The van der Waals surface area contributed by atoms with Crippen LogP contribution in [0.3, 0.4) is 0 Å². The van der Waals surface area contributed by atoms with E-state index in [9.17, 15) is 4.79 Å². The molecule has 7 nitrogen and oxygen atoms in total. The van der Waals surface area contributed by atoms with Gasteiger partial charge in [-0.1, -0.05) is 0 Å². The maximum atomic E-state index is 12.5. The number of hydrogen-bond donors (Lipinski definition) is 1. The van der Waals surface area contributed by atoms with Gasteiger partial charge in [-0.15, -0.1) is 0 Å². The molecular formula is C17H27N5O2. The predicted octanol–water partition coefficient (Wildman–Crippen LogP) is 1.76. The summed E-state index contributed by atoms with van der Waals surface area (Å²) in [6, 6.07) is 0.536. The van der Waals surface area contributed by atoms with Gasteiger partial charge >= 0.3 is 6.03 Å². The van der Waals surface area contributed by atoms with E-state index in [1.165, 1.54) is 25.9 Å². The van der Waals surface area contributed by atoms with Gasteiger partial charge in [-0.2, -0.15) is 5.10 Å². The van der Waals surface area contributed by atoms with E-state index in [4.69, 9.17) is 4.74 Å². The second kappa shape index (κ2) is 7.11. The minimum Gasteiger partial charge on any atom is -0.376 e. The molecule has 3 aliphatic heterocycles. The Morgan fingerprint density at radius 1 is 1.25 bits per heavy atom. The van der Waals surface area contributed by atoms with E-state index in [0.717, 1.165) is 51.2 Å². The van der Waals surface area contributed by atoms with Crippen LogP contribution in [-0.4, -0.2) is 70.5 Å². The summed E-state index contributed by atoms with van der Waals surface area (Å²) in [7, 11) is 0. The van der Waals surface area contributed by atoms with Crippen LogP contribution in [0.15, 0.2) is 12.4 Å². The number of carbonyl (C=O) groups excluding carboxylic acids is 1. The third-order valence-corrected chi connectivity index (χ3v) is 5.41.